The summed E-state index contributed by atoms with van der Waals surface area (Å²) in [5.74, 6) is -5.02. The highest BCUT2D eigenvalue weighted by Gasteiger charge is 2.62. The van der Waals surface area contributed by atoms with Crippen molar-refractivity contribution in [2.45, 2.75) is 25.2 Å². The van der Waals surface area contributed by atoms with Crippen molar-refractivity contribution in [1.82, 2.24) is 0 Å². The number of phenolic OH excluding ortho intramolecular Hbond substituents is 1. The van der Waals surface area contributed by atoms with Gasteiger partial charge in [-0.3, -0.25) is 29.0 Å². The second-order valence-electron chi connectivity index (χ2n) is 15.1. The van der Waals surface area contributed by atoms with Gasteiger partial charge in [0.2, 0.25) is 23.6 Å². The van der Waals surface area contributed by atoms with E-state index >= 15 is 0 Å². The Balaban J connectivity index is 1.07. The molecule has 4 saturated heterocycles. The summed E-state index contributed by atoms with van der Waals surface area (Å²) in [6.07, 6.45) is 4.75. The average molecular weight is 729 g/mol. The molecule has 0 spiro atoms. The summed E-state index contributed by atoms with van der Waals surface area (Å²) in [5, 5.41) is 11.7. The van der Waals surface area contributed by atoms with Gasteiger partial charge in [0, 0.05) is 49.0 Å². The lowest BCUT2D eigenvalue weighted by atomic mass is 9.57. The predicted octanol–water partition coefficient (Wildman–Crippen LogP) is 4.84. The number of aromatic hydroxyl groups is 1. The molecule has 4 amide bonds. The van der Waals surface area contributed by atoms with Crippen LogP contribution in [-0.2, 0) is 35.1 Å². The van der Waals surface area contributed by atoms with E-state index < -0.39 is 35.5 Å². The lowest BCUT2D eigenvalue weighted by molar-refractivity contribution is -0.126. The molecule has 1 N–H and O–H groups in total. The van der Waals surface area contributed by atoms with Gasteiger partial charge in [-0.05, 0) is 79.3 Å². The zero-order chi connectivity index (χ0) is 37.1. The van der Waals surface area contributed by atoms with Crippen LogP contribution < -0.4 is 19.6 Å². The highest BCUT2D eigenvalue weighted by molar-refractivity contribution is 6.24. The molecule has 1 saturated carbocycles. The van der Waals surface area contributed by atoms with Crippen LogP contribution >= 0.6 is 0 Å². The van der Waals surface area contributed by atoms with Gasteiger partial charge in [-0.25, -0.2) is 0 Å². The van der Waals surface area contributed by atoms with Gasteiger partial charge >= 0.3 is 0 Å². The largest absolute Gasteiger partial charge is 0.507 e. The molecule has 6 aliphatic rings. The number of amides is 4. The number of hydrogen-bond donors (Lipinski definition) is 1. The van der Waals surface area contributed by atoms with Crippen LogP contribution in [-0.4, -0.2) is 81.3 Å². The van der Waals surface area contributed by atoms with E-state index in [9.17, 15) is 24.3 Å². The number of anilines is 4. The summed E-state index contributed by atoms with van der Waals surface area (Å²) >= 11 is 0. The third-order valence-electron chi connectivity index (χ3n) is 12.5. The van der Waals surface area contributed by atoms with Crippen molar-refractivity contribution >= 4 is 46.4 Å². The maximum Gasteiger partial charge on any atom is 0.238 e. The van der Waals surface area contributed by atoms with Gasteiger partial charge in [-0.1, -0.05) is 35.9 Å². The third-order valence-corrected chi connectivity index (χ3v) is 12.5. The normalized spacial score (nSPS) is 28.2. The molecular weight excluding hydrogens is 684 g/mol. The molecule has 0 radical (unpaired) electrons. The molecule has 11 heteroatoms. The van der Waals surface area contributed by atoms with Crippen LogP contribution in [0.15, 0.2) is 91.0 Å². The van der Waals surface area contributed by atoms with E-state index in [4.69, 9.17) is 9.47 Å². The molecule has 278 valence electrons. The van der Waals surface area contributed by atoms with Crippen molar-refractivity contribution < 1.29 is 33.8 Å². The Labute approximate surface area is 314 Å². The number of nitrogens with zero attached hydrogens (tertiary/aromatic N) is 4. The number of hydrogen-bond acceptors (Lipinski definition) is 9. The maximum absolute atomic E-state index is 14.7. The highest BCUT2D eigenvalue weighted by Crippen LogP contribution is 2.59. The fourth-order valence-electron chi connectivity index (χ4n) is 9.90. The van der Waals surface area contributed by atoms with Crippen molar-refractivity contribution in [1.29, 1.82) is 0 Å². The fourth-order valence-corrected chi connectivity index (χ4v) is 9.90. The summed E-state index contributed by atoms with van der Waals surface area (Å²) in [5.41, 5.74) is 5.09. The van der Waals surface area contributed by atoms with Crippen LogP contribution in [0, 0.1) is 29.6 Å². The highest BCUT2D eigenvalue weighted by atomic mass is 16.5. The van der Waals surface area contributed by atoms with E-state index in [0.717, 1.165) is 43.1 Å². The van der Waals surface area contributed by atoms with Crippen LogP contribution in [0.25, 0.3) is 0 Å². The van der Waals surface area contributed by atoms with Gasteiger partial charge in [0.15, 0.2) is 0 Å². The minimum absolute atomic E-state index is 0.0641. The zero-order valence-corrected chi connectivity index (χ0v) is 30.1. The summed E-state index contributed by atoms with van der Waals surface area (Å²) in [4.78, 5) is 64.9. The van der Waals surface area contributed by atoms with Crippen LogP contribution in [0.1, 0.15) is 29.9 Å². The smallest absolute Gasteiger partial charge is 0.238 e. The van der Waals surface area contributed by atoms with Crippen molar-refractivity contribution in [3.63, 3.8) is 0 Å². The van der Waals surface area contributed by atoms with Crippen LogP contribution in [0.2, 0.25) is 0 Å². The molecule has 54 heavy (non-hydrogen) atoms. The summed E-state index contributed by atoms with van der Waals surface area (Å²) in [6, 6.07) is 20.6. The van der Waals surface area contributed by atoms with Gasteiger partial charge < -0.3 is 24.4 Å². The summed E-state index contributed by atoms with van der Waals surface area (Å²) in [7, 11) is 0. The number of fused-ring (bicyclic) bond motifs is 4. The van der Waals surface area contributed by atoms with E-state index in [1.807, 2.05) is 72.8 Å². The predicted molar refractivity (Wildman–Crippen MR) is 203 cm³/mol. The van der Waals surface area contributed by atoms with E-state index in [1.54, 1.807) is 6.08 Å². The fraction of sp³-hybridized carbons (Fsp3) is 0.395. The lowest BCUT2D eigenvalue weighted by Crippen LogP contribution is -2.43. The number of carbonyl (C=O) groups is 4. The quantitative estimate of drug-likeness (QED) is 0.269. The summed E-state index contributed by atoms with van der Waals surface area (Å²) < 4.78 is 11.0. The molecule has 9 rings (SSSR count). The Morgan fingerprint density at radius 2 is 1.17 bits per heavy atom. The number of phenols is 1. The van der Waals surface area contributed by atoms with Crippen molar-refractivity contribution in [3.8, 4) is 5.75 Å². The van der Waals surface area contributed by atoms with Crippen molar-refractivity contribution in [2.24, 2.45) is 29.6 Å². The van der Waals surface area contributed by atoms with Crippen molar-refractivity contribution in [2.75, 3.05) is 72.2 Å². The first kappa shape index (κ1) is 34.5. The molecule has 3 aromatic rings. The Bertz CT molecular complexity index is 2030. The number of carbonyl (C=O) groups excluding carboxylic acids is 4. The number of rotatable bonds is 7. The molecular formula is C43H44N4O7. The third kappa shape index (κ3) is 5.55. The van der Waals surface area contributed by atoms with Crippen LogP contribution in [0.4, 0.5) is 22.7 Å². The number of allylic oxidation sites excluding steroid dienone is 3. The topological polar surface area (TPSA) is 120 Å². The van der Waals surface area contributed by atoms with Crippen LogP contribution in [0.3, 0.4) is 0 Å². The van der Waals surface area contributed by atoms with Gasteiger partial charge in [-0.2, -0.15) is 0 Å². The number of ether oxygens (including phenoxy) is 2. The average Bonchev–Trinajstić information content (AvgIpc) is 3.62. The zero-order valence-electron chi connectivity index (χ0n) is 30.1. The minimum atomic E-state index is -0.781. The molecule has 4 heterocycles. The minimum Gasteiger partial charge on any atom is -0.507 e. The molecule has 3 aromatic carbocycles. The Hall–Kier alpha value is -5.26. The number of benzene rings is 3. The van der Waals surface area contributed by atoms with Crippen LogP contribution in [0.5, 0.6) is 5.75 Å². The molecule has 0 bridgehead atoms. The molecule has 4 aliphatic heterocycles. The molecule has 6 unspecified atom stereocenters. The summed E-state index contributed by atoms with van der Waals surface area (Å²) in [6.45, 7) is 9.51. The standard InChI is InChI=1S/C43H44N4O7/c1-2-4-26-5-3-6-32(39(26)48)36-31-15-16-33-37(42(51)46(40(33)49)29-11-7-27(8-12-29)44-17-21-53-22-18-44)34(31)25-35-38(36)43(52)47(41(35)50)30-13-9-28(10-14-30)45-19-23-54-24-20-45/h2-3,5-15,33-38,48H,1,4,16-25H2. The van der Waals surface area contributed by atoms with Gasteiger partial charge in [0.05, 0.1) is 61.5 Å². The monoisotopic (exact) mass is 728 g/mol. The molecule has 2 aliphatic carbocycles. The number of morpholine rings is 2. The second-order valence-corrected chi connectivity index (χ2v) is 15.1. The molecule has 11 nitrogen and oxygen atoms in total. The molecule has 6 atom stereocenters. The first-order valence-corrected chi connectivity index (χ1v) is 19.1. The SMILES string of the molecule is C=CCc1cccc(C2C3=CCC4C(=O)N(c5ccc(N6CCOCC6)cc5)C(=O)C4C3CC3C(=O)N(c4ccc(N5CCOCC5)cc4)C(=O)C32)c1O. The van der Waals surface area contributed by atoms with E-state index in [-0.39, 0.29) is 35.8 Å². The Kier molecular flexibility index (Phi) is 8.86. The van der Waals surface area contributed by atoms with Gasteiger partial charge in [0.25, 0.3) is 0 Å². The first-order chi connectivity index (χ1) is 26.4. The number of para-hydroxylation sites is 1. The van der Waals surface area contributed by atoms with Gasteiger partial charge in [0.1, 0.15) is 5.75 Å². The lowest BCUT2D eigenvalue weighted by Gasteiger charge is -2.44. The first-order valence-electron chi connectivity index (χ1n) is 19.1. The Morgan fingerprint density at radius 3 is 1.72 bits per heavy atom. The molecule has 0 aromatic heterocycles. The Morgan fingerprint density at radius 1 is 0.648 bits per heavy atom. The van der Waals surface area contributed by atoms with Gasteiger partial charge in [-0.15, -0.1) is 6.58 Å². The van der Waals surface area contributed by atoms with E-state index in [2.05, 4.69) is 16.4 Å². The second kappa shape index (κ2) is 13.9. The van der Waals surface area contributed by atoms with Crippen molar-refractivity contribution in [3.05, 3.63) is 102 Å². The maximum atomic E-state index is 14.7. The van der Waals surface area contributed by atoms with E-state index in [1.165, 1.54) is 9.80 Å². The number of imide groups is 2. The van der Waals surface area contributed by atoms with E-state index in [0.29, 0.717) is 61.8 Å². The molecule has 5 fully saturated rings.